The molecule has 3 aliphatic heterocycles. The average Bonchev–Trinajstić information content (AvgIpc) is 3.44. The number of fused-ring (bicyclic) bond motifs is 1. The summed E-state index contributed by atoms with van der Waals surface area (Å²) in [5.74, 6) is 0.859. The zero-order valence-electron chi connectivity index (χ0n) is 16.7. The predicted octanol–water partition coefficient (Wildman–Crippen LogP) is 3.20. The van der Waals surface area contributed by atoms with Gasteiger partial charge in [-0.05, 0) is 62.7 Å². The monoisotopic (exact) mass is 381 g/mol. The first-order valence-corrected chi connectivity index (χ1v) is 10.9. The van der Waals surface area contributed by atoms with Crippen LogP contribution < -0.4 is 0 Å². The van der Waals surface area contributed by atoms with Gasteiger partial charge in [-0.3, -0.25) is 4.79 Å². The van der Waals surface area contributed by atoms with Crippen LogP contribution >= 0.6 is 0 Å². The molecule has 0 bridgehead atoms. The van der Waals surface area contributed by atoms with E-state index in [-0.39, 0.29) is 11.5 Å². The number of nitrogens with one attached hydrogen (secondary N) is 1. The number of hydrogen-bond acceptors (Lipinski definition) is 3. The van der Waals surface area contributed by atoms with Crippen molar-refractivity contribution in [2.24, 2.45) is 5.92 Å². The summed E-state index contributed by atoms with van der Waals surface area (Å²) in [5, 5.41) is 1.16. The SMILES string of the molecule is O=C(Cc1c[nH]c2ccccc12)N1CCCC2(CC(CN3CCCC3)CO2)C1. The number of carbonyl (C=O) groups excluding carboxylic acids is 1. The highest BCUT2D eigenvalue weighted by Crippen LogP contribution is 2.38. The van der Waals surface area contributed by atoms with Gasteiger partial charge in [0.15, 0.2) is 0 Å². The second-order valence-electron chi connectivity index (χ2n) is 9.03. The topological polar surface area (TPSA) is 48.6 Å². The smallest absolute Gasteiger partial charge is 0.227 e. The molecule has 2 atom stereocenters. The second-order valence-corrected chi connectivity index (χ2v) is 9.03. The number of likely N-dealkylation sites (tertiary alicyclic amines) is 2. The Morgan fingerprint density at radius 2 is 2.04 bits per heavy atom. The first-order chi connectivity index (χ1) is 13.7. The number of para-hydroxylation sites is 1. The van der Waals surface area contributed by atoms with E-state index in [2.05, 4.69) is 26.9 Å². The average molecular weight is 382 g/mol. The molecule has 3 fully saturated rings. The number of carbonyl (C=O) groups is 1. The summed E-state index contributed by atoms with van der Waals surface area (Å²) in [7, 11) is 0. The lowest BCUT2D eigenvalue weighted by atomic mass is 9.86. The molecule has 3 aliphatic rings. The molecular formula is C23H31N3O2. The normalized spacial score (nSPS) is 28.6. The summed E-state index contributed by atoms with van der Waals surface area (Å²) in [6, 6.07) is 8.21. The molecule has 0 aliphatic carbocycles. The molecule has 28 heavy (non-hydrogen) atoms. The largest absolute Gasteiger partial charge is 0.373 e. The Balaban J connectivity index is 1.22. The van der Waals surface area contributed by atoms with Gasteiger partial charge in [-0.1, -0.05) is 18.2 Å². The number of piperidine rings is 1. The van der Waals surface area contributed by atoms with Gasteiger partial charge >= 0.3 is 0 Å². The van der Waals surface area contributed by atoms with Crippen LogP contribution in [0.5, 0.6) is 0 Å². The van der Waals surface area contributed by atoms with Crippen molar-refractivity contribution in [3.63, 3.8) is 0 Å². The van der Waals surface area contributed by atoms with Gasteiger partial charge in [0.2, 0.25) is 5.91 Å². The highest BCUT2D eigenvalue weighted by Gasteiger charge is 2.44. The Bertz CT molecular complexity index is 841. The quantitative estimate of drug-likeness (QED) is 0.885. The molecule has 1 aromatic heterocycles. The van der Waals surface area contributed by atoms with Crippen molar-refractivity contribution in [3.05, 3.63) is 36.0 Å². The van der Waals surface area contributed by atoms with Gasteiger partial charge in [-0.25, -0.2) is 0 Å². The molecular weight excluding hydrogens is 350 g/mol. The Kier molecular flexibility index (Phi) is 4.89. The lowest BCUT2D eigenvalue weighted by Crippen LogP contribution is -2.50. The molecule has 1 aromatic carbocycles. The van der Waals surface area contributed by atoms with Crippen LogP contribution in [0.25, 0.3) is 10.9 Å². The number of aromatic amines is 1. The van der Waals surface area contributed by atoms with Gasteiger partial charge in [-0.15, -0.1) is 0 Å². The molecule has 0 radical (unpaired) electrons. The molecule has 1 amide bonds. The van der Waals surface area contributed by atoms with Crippen LogP contribution in [-0.2, 0) is 16.0 Å². The standard InChI is InChI=1S/C23H31N3O2/c27-22(12-19-14-24-21-7-2-1-6-20(19)21)26-11-5-8-23(17-26)13-18(16-28-23)15-25-9-3-4-10-25/h1-2,6-7,14,18,24H,3-5,8-13,15-17H2. The van der Waals surface area contributed by atoms with Crippen molar-refractivity contribution >= 4 is 16.8 Å². The third kappa shape index (κ3) is 3.58. The zero-order valence-corrected chi connectivity index (χ0v) is 16.7. The number of amides is 1. The summed E-state index contributed by atoms with van der Waals surface area (Å²) in [4.78, 5) is 21.0. The molecule has 3 saturated heterocycles. The number of ether oxygens (including phenoxy) is 1. The zero-order chi connectivity index (χ0) is 19.0. The number of rotatable bonds is 4. The van der Waals surface area contributed by atoms with Crippen molar-refractivity contribution in [1.82, 2.24) is 14.8 Å². The molecule has 5 nitrogen and oxygen atoms in total. The first-order valence-electron chi connectivity index (χ1n) is 10.9. The van der Waals surface area contributed by atoms with Crippen LogP contribution in [0.4, 0.5) is 0 Å². The van der Waals surface area contributed by atoms with E-state index in [9.17, 15) is 4.79 Å². The van der Waals surface area contributed by atoms with Crippen molar-refractivity contribution < 1.29 is 9.53 Å². The van der Waals surface area contributed by atoms with Gasteiger partial charge in [0, 0.05) is 36.7 Å². The second kappa shape index (κ2) is 7.53. The van der Waals surface area contributed by atoms with Gasteiger partial charge in [0.25, 0.3) is 0 Å². The summed E-state index contributed by atoms with van der Waals surface area (Å²) >= 11 is 0. The number of hydrogen-bond donors (Lipinski definition) is 1. The maximum Gasteiger partial charge on any atom is 0.227 e. The Morgan fingerprint density at radius 3 is 2.93 bits per heavy atom. The number of benzene rings is 1. The van der Waals surface area contributed by atoms with Crippen LogP contribution in [-0.4, -0.2) is 65.6 Å². The van der Waals surface area contributed by atoms with E-state index >= 15 is 0 Å². The minimum absolute atomic E-state index is 0.0987. The summed E-state index contributed by atoms with van der Waals surface area (Å²) in [5.41, 5.74) is 2.10. The molecule has 150 valence electrons. The Hall–Kier alpha value is -1.85. The van der Waals surface area contributed by atoms with E-state index in [1.165, 1.54) is 32.5 Å². The Labute approximate surface area is 167 Å². The van der Waals surface area contributed by atoms with Gasteiger partial charge < -0.3 is 19.5 Å². The van der Waals surface area contributed by atoms with Crippen LogP contribution in [0, 0.1) is 5.92 Å². The van der Waals surface area contributed by atoms with Crippen molar-refractivity contribution in [2.45, 2.75) is 44.1 Å². The first kappa shape index (κ1) is 18.2. The van der Waals surface area contributed by atoms with Gasteiger partial charge in [-0.2, -0.15) is 0 Å². The number of H-pyrrole nitrogens is 1. The maximum atomic E-state index is 13.1. The van der Waals surface area contributed by atoms with Gasteiger partial charge in [0.1, 0.15) is 0 Å². The molecule has 2 unspecified atom stereocenters. The van der Waals surface area contributed by atoms with Crippen LogP contribution in [0.3, 0.4) is 0 Å². The molecule has 5 rings (SSSR count). The fraction of sp³-hybridized carbons (Fsp3) is 0.609. The van der Waals surface area contributed by atoms with E-state index in [1.54, 1.807) is 0 Å². The predicted molar refractivity (Wildman–Crippen MR) is 110 cm³/mol. The molecule has 4 heterocycles. The molecule has 1 N–H and O–H groups in total. The lowest BCUT2D eigenvalue weighted by molar-refractivity contribution is -0.138. The minimum atomic E-state index is -0.0987. The highest BCUT2D eigenvalue weighted by molar-refractivity contribution is 5.88. The van der Waals surface area contributed by atoms with Crippen molar-refractivity contribution in [3.8, 4) is 0 Å². The van der Waals surface area contributed by atoms with Gasteiger partial charge in [0.05, 0.1) is 18.6 Å². The van der Waals surface area contributed by atoms with E-state index in [0.29, 0.717) is 12.3 Å². The van der Waals surface area contributed by atoms with E-state index in [1.807, 2.05) is 18.3 Å². The summed E-state index contributed by atoms with van der Waals surface area (Å²) < 4.78 is 6.36. The van der Waals surface area contributed by atoms with Crippen LogP contribution in [0.15, 0.2) is 30.5 Å². The lowest BCUT2D eigenvalue weighted by Gasteiger charge is -2.40. The third-order valence-electron chi connectivity index (χ3n) is 6.91. The Morgan fingerprint density at radius 1 is 1.18 bits per heavy atom. The fourth-order valence-corrected chi connectivity index (χ4v) is 5.53. The van der Waals surface area contributed by atoms with Crippen LogP contribution in [0.1, 0.15) is 37.7 Å². The molecule has 2 aromatic rings. The molecule has 1 spiro atoms. The number of aromatic nitrogens is 1. The summed E-state index contributed by atoms with van der Waals surface area (Å²) in [6.45, 7) is 6.16. The minimum Gasteiger partial charge on any atom is -0.373 e. The highest BCUT2D eigenvalue weighted by atomic mass is 16.5. The van der Waals surface area contributed by atoms with E-state index in [4.69, 9.17) is 4.74 Å². The summed E-state index contributed by atoms with van der Waals surface area (Å²) in [6.07, 6.45) is 8.40. The third-order valence-corrected chi connectivity index (χ3v) is 6.91. The van der Waals surface area contributed by atoms with Crippen molar-refractivity contribution in [2.75, 3.05) is 39.3 Å². The van der Waals surface area contributed by atoms with E-state index < -0.39 is 0 Å². The van der Waals surface area contributed by atoms with E-state index in [0.717, 1.165) is 55.4 Å². The van der Waals surface area contributed by atoms with Crippen molar-refractivity contribution in [1.29, 1.82) is 0 Å². The molecule has 0 saturated carbocycles. The van der Waals surface area contributed by atoms with Crippen LogP contribution in [0.2, 0.25) is 0 Å². The molecule has 5 heteroatoms. The number of nitrogens with zero attached hydrogens (tertiary/aromatic N) is 2. The maximum absolute atomic E-state index is 13.1. The fourth-order valence-electron chi connectivity index (χ4n) is 5.53.